The molecule has 18 heavy (non-hydrogen) atoms. The Morgan fingerprint density at radius 3 is 2.78 bits per heavy atom. The van der Waals surface area contributed by atoms with Gasteiger partial charge in [0.2, 0.25) is 0 Å². The minimum atomic E-state index is -0.119. The molecule has 1 aliphatic rings. The Hall–Kier alpha value is -1.88. The van der Waals surface area contributed by atoms with Gasteiger partial charge >= 0.3 is 0 Å². The fraction of sp³-hybridized carbons (Fsp3) is 0.385. The van der Waals surface area contributed by atoms with Crippen molar-refractivity contribution in [3.63, 3.8) is 0 Å². The maximum Gasteiger partial charge on any atom is 0.267 e. The molecule has 1 fully saturated rings. The molecule has 1 N–H and O–H groups in total. The smallest absolute Gasteiger partial charge is 0.267 e. The monoisotopic (exact) mass is 247 g/mol. The lowest BCUT2D eigenvalue weighted by atomic mass is 10.00. The van der Waals surface area contributed by atoms with Gasteiger partial charge in [-0.2, -0.15) is 0 Å². The first kappa shape index (κ1) is 12.6. The summed E-state index contributed by atoms with van der Waals surface area (Å²) >= 11 is 0. The minimum Gasteiger partial charge on any atom is -0.351 e. The highest BCUT2D eigenvalue weighted by molar-refractivity contribution is 6.39. The predicted molar refractivity (Wildman–Crippen MR) is 70.2 cm³/mol. The first-order valence-corrected chi connectivity index (χ1v) is 5.95. The summed E-state index contributed by atoms with van der Waals surface area (Å²) in [6.07, 6.45) is 0.665. The Labute approximate surface area is 106 Å². The molecule has 1 atom stereocenters. The van der Waals surface area contributed by atoms with Gasteiger partial charge < -0.3 is 5.32 Å². The zero-order valence-electron chi connectivity index (χ0n) is 10.6. The Kier molecular flexibility index (Phi) is 3.94. The van der Waals surface area contributed by atoms with Crippen LogP contribution in [0.15, 0.2) is 35.4 Å². The normalized spacial score (nSPS) is 21.8. The molecule has 5 heteroatoms. The van der Waals surface area contributed by atoms with Gasteiger partial charge in [0.15, 0.2) is 0 Å². The molecular formula is C13H17N3O2. The average molecular weight is 247 g/mol. The van der Waals surface area contributed by atoms with Crippen LogP contribution in [0, 0.1) is 5.92 Å². The summed E-state index contributed by atoms with van der Waals surface area (Å²) in [5.41, 5.74) is 1.29. The second-order valence-corrected chi connectivity index (χ2v) is 4.36. The van der Waals surface area contributed by atoms with Crippen LogP contribution in [0.4, 0.5) is 5.69 Å². The van der Waals surface area contributed by atoms with E-state index >= 15 is 0 Å². The molecule has 96 valence electrons. The predicted octanol–water partition coefficient (Wildman–Crippen LogP) is 1.57. The quantitative estimate of drug-likeness (QED) is 0.825. The van der Waals surface area contributed by atoms with E-state index in [0.717, 1.165) is 5.69 Å². The maximum absolute atomic E-state index is 11.7. The van der Waals surface area contributed by atoms with E-state index in [1.54, 1.807) is 0 Å². The van der Waals surface area contributed by atoms with Crippen molar-refractivity contribution in [2.75, 3.05) is 18.8 Å². The van der Waals surface area contributed by atoms with Crippen LogP contribution in [-0.2, 0) is 9.63 Å². The third-order valence-corrected chi connectivity index (χ3v) is 2.78. The highest BCUT2D eigenvalue weighted by atomic mass is 16.7. The second-order valence-electron chi connectivity index (χ2n) is 4.36. The number of para-hydroxylation sites is 1. The summed E-state index contributed by atoms with van der Waals surface area (Å²) in [5, 5.41) is 8.45. The Balaban J connectivity index is 2.21. The molecule has 0 unspecified atom stereocenters. The number of piperidine rings is 1. The van der Waals surface area contributed by atoms with Gasteiger partial charge in [0.05, 0.1) is 12.8 Å². The van der Waals surface area contributed by atoms with Gasteiger partial charge in [-0.25, -0.2) is 0 Å². The molecule has 1 amide bonds. The van der Waals surface area contributed by atoms with Gasteiger partial charge in [0.1, 0.15) is 5.71 Å². The van der Waals surface area contributed by atoms with E-state index < -0.39 is 0 Å². The van der Waals surface area contributed by atoms with Crippen molar-refractivity contribution < 1.29 is 9.63 Å². The van der Waals surface area contributed by atoms with Gasteiger partial charge in [0.25, 0.3) is 5.91 Å². The standard InChI is InChI=1S/C13H17N3O2/c1-10-8-12(13(17)14-9-10)15-16(18-2)11-6-4-3-5-7-11/h3-7,10H,8-9H2,1-2H3,(H,14,17)/t10-/m1/s1. The van der Waals surface area contributed by atoms with Crippen LogP contribution in [0.3, 0.4) is 0 Å². The van der Waals surface area contributed by atoms with Crippen molar-refractivity contribution in [3.8, 4) is 0 Å². The zero-order chi connectivity index (χ0) is 13.0. The van der Waals surface area contributed by atoms with Crippen molar-refractivity contribution in [2.24, 2.45) is 11.0 Å². The van der Waals surface area contributed by atoms with Gasteiger partial charge in [-0.1, -0.05) is 25.1 Å². The summed E-state index contributed by atoms with van der Waals surface area (Å²) in [4.78, 5) is 16.9. The van der Waals surface area contributed by atoms with E-state index in [0.29, 0.717) is 24.6 Å². The fourth-order valence-electron chi connectivity index (χ4n) is 1.82. The average Bonchev–Trinajstić information content (AvgIpc) is 2.41. The first-order valence-electron chi connectivity index (χ1n) is 5.95. The van der Waals surface area contributed by atoms with Crippen LogP contribution >= 0.6 is 0 Å². The van der Waals surface area contributed by atoms with E-state index in [4.69, 9.17) is 4.84 Å². The van der Waals surface area contributed by atoms with Crippen molar-refractivity contribution in [3.05, 3.63) is 30.3 Å². The number of amides is 1. The molecule has 1 heterocycles. The van der Waals surface area contributed by atoms with Crippen molar-refractivity contribution in [1.29, 1.82) is 0 Å². The van der Waals surface area contributed by atoms with E-state index in [1.165, 1.54) is 12.3 Å². The number of carbonyl (C=O) groups is 1. The number of hydrazone groups is 1. The van der Waals surface area contributed by atoms with E-state index in [9.17, 15) is 4.79 Å². The third-order valence-electron chi connectivity index (χ3n) is 2.78. The van der Waals surface area contributed by atoms with Crippen LogP contribution in [0.5, 0.6) is 0 Å². The number of rotatable bonds is 3. The van der Waals surface area contributed by atoms with Crippen LogP contribution < -0.4 is 10.5 Å². The minimum absolute atomic E-state index is 0.119. The topological polar surface area (TPSA) is 53.9 Å². The van der Waals surface area contributed by atoms with Crippen LogP contribution in [0.2, 0.25) is 0 Å². The molecule has 0 saturated carbocycles. The fourth-order valence-corrected chi connectivity index (χ4v) is 1.82. The number of benzene rings is 1. The Morgan fingerprint density at radius 2 is 2.11 bits per heavy atom. The molecule has 0 aromatic heterocycles. The SMILES string of the molecule is CON(N=C1C[C@@H](C)CNC1=O)c1ccccc1. The molecule has 5 nitrogen and oxygen atoms in total. The lowest BCUT2D eigenvalue weighted by molar-refractivity contribution is -0.115. The molecule has 0 aliphatic carbocycles. The van der Waals surface area contributed by atoms with Crippen molar-refractivity contribution in [1.82, 2.24) is 5.32 Å². The summed E-state index contributed by atoms with van der Waals surface area (Å²) in [6.45, 7) is 2.78. The largest absolute Gasteiger partial charge is 0.351 e. The van der Waals surface area contributed by atoms with E-state index in [2.05, 4.69) is 17.3 Å². The lowest BCUT2D eigenvalue weighted by Crippen LogP contribution is -2.42. The highest BCUT2D eigenvalue weighted by Crippen LogP contribution is 2.16. The third kappa shape index (κ3) is 2.87. The summed E-state index contributed by atoms with van der Waals surface area (Å²) in [5.74, 6) is 0.280. The maximum atomic E-state index is 11.7. The molecule has 0 radical (unpaired) electrons. The van der Waals surface area contributed by atoms with Crippen LogP contribution in [-0.4, -0.2) is 25.3 Å². The number of anilines is 1. The van der Waals surface area contributed by atoms with Gasteiger partial charge in [-0.15, -0.1) is 10.3 Å². The summed E-state index contributed by atoms with van der Waals surface area (Å²) < 4.78 is 0. The summed E-state index contributed by atoms with van der Waals surface area (Å²) in [7, 11) is 1.53. The lowest BCUT2D eigenvalue weighted by Gasteiger charge is -2.23. The van der Waals surface area contributed by atoms with Gasteiger partial charge in [-0.05, 0) is 18.1 Å². The Bertz CT molecular complexity index is 445. The number of nitrogens with zero attached hydrogens (tertiary/aromatic N) is 2. The molecule has 1 aromatic carbocycles. The van der Waals surface area contributed by atoms with E-state index in [-0.39, 0.29) is 5.91 Å². The summed E-state index contributed by atoms with van der Waals surface area (Å²) in [6, 6.07) is 9.45. The molecule has 0 bridgehead atoms. The van der Waals surface area contributed by atoms with Crippen molar-refractivity contribution in [2.45, 2.75) is 13.3 Å². The van der Waals surface area contributed by atoms with Gasteiger partial charge in [0, 0.05) is 13.0 Å². The molecule has 1 saturated heterocycles. The van der Waals surface area contributed by atoms with E-state index in [1.807, 2.05) is 30.3 Å². The molecule has 1 aromatic rings. The van der Waals surface area contributed by atoms with Crippen LogP contribution in [0.1, 0.15) is 13.3 Å². The van der Waals surface area contributed by atoms with Crippen LogP contribution in [0.25, 0.3) is 0 Å². The zero-order valence-corrected chi connectivity index (χ0v) is 10.6. The molecule has 1 aliphatic heterocycles. The van der Waals surface area contributed by atoms with Gasteiger partial charge in [-0.3, -0.25) is 9.63 Å². The molecular weight excluding hydrogens is 230 g/mol. The number of hydrogen-bond donors (Lipinski definition) is 1. The first-order chi connectivity index (χ1) is 8.70. The molecule has 2 rings (SSSR count). The second kappa shape index (κ2) is 5.64. The number of carbonyl (C=O) groups excluding carboxylic acids is 1. The Morgan fingerprint density at radius 1 is 1.39 bits per heavy atom. The number of nitrogens with one attached hydrogen (secondary N) is 1. The number of hydrogen-bond acceptors (Lipinski definition) is 4. The highest BCUT2D eigenvalue weighted by Gasteiger charge is 2.22. The van der Waals surface area contributed by atoms with Crippen molar-refractivity contribution >= 4 is 17.3 Å². The molecule has 0 spiro atoms.